The van der Waals surface area contributed by atoms with E-state index in [4.69, 9.17) is 0 Å². The van der Waals surface area contributed by atoms with E-state index in [2.05, 4.69) is 149 Å². The number of fused-ring (bicyclic) bond motifs is 6. The number of nitrogens with one attached hydrogen (secondary N) is 1. The van der Waals surface area contributed by atoms with Crippen molar-refractivity contribution in [2.75, 3.05) is 0 Å². The van der Waals surface area contributed by atoms with Crippen LogP contribution in [0.4, 0.5) is 0 Å². The average molecular weight is 485 g/mol. The Bertz CT molecular complexity index is 2130. The summed E-state index contributed by atoms with van der Waals surface area (Å²) in [6, 6.07) is 50.3. The number of nitrogens with zero attached hydrogens (tertiary/aromatic N) is 1. The summed E-state index contributed by atoms with van der Waals surface area (Å²) in [5.41, 5.74) is 10.8. The number of para-hydroxylation sites is 2. The molecule has 8 aromatic rings. The molecule has 0 amide bonds. The summed E-state index contributed by atoms with van der Waals surface area (Å²) in [7, 11) is 0. The van der Waals surface area contributed by atoms with Crippen LogP contribution in [0, 0.1) is 0 Å². The van der Waals surface area contributed by atoms with Crippen LogP contribution in [-0.4, -0.2) is 9.55 Å². The molecule has 0 aliphatic carbocycles. The van der Waals surface area contributed by atoms with Crippen LogP contribution in [0.15, 0.2) is 140 Å². The Morgan fingerprint density at radius 1 is 0.368 bits per heavy atom. The Morgan fingerprint density at radius 3 is 1.95 bits per heavy atom. The Hall–Kier alpha value is -5.08. The molecule has 0 saturated carbocycles. The maximum absolute atomic E-state index is 3.60. The summed E-state index contributed by atoms with van der Waals surface area (Å²) < 4.78 is 2.39. The highest BCUT2D eigenvalue weighted by molar-refractivity contribution is 6.11. The molecule has 2 aromatic heterocycles. The minimum Gasteiger partial charge on any atom is -0.354 e. The van der Waals surface area contributed by atoms with Crippen LogP contribution in [0.25, 0.3) is 71.6 Å². The number of aromatic nitrogens is 2. The zero-order valence-electron chi connectivity index (χ0n) is 20.7. The van der Waals surface area contributed by atoms with Gasteiger partial charge in [-0.2, -0.15) is 0 Å². The molecule has 2 heteroatoms. The fourth-order valence-corrected chi connectivity index (χ4v) is 5.92. The minimum absolute atomic E-state index is 1.17. The highest BCUT2D eigenvalue weighted by Crippen LogP contribution is 2.37. The van der Waals surface area contributed by atoms with Crippen molar-refractivity contribution in [2.24, 2.45) is 0 Å². The van der Waals surface area contributed by atoms with E-state index in [0.29, 0.717) is 0 Å². The summed E-state index contributed by atoms with van der Waals surface area (Å²) in [6.45, 7) is 0. The molecule has 38 heavy (non-hydrogen) atoms. The molecule has 0 aliphatic heterocycles. The van der Waals surface area contributed by atoms with Crippen LogP contribution >= 0.6 is 0 Å². The number of hydrogen-bond acceptors (Lipinski definition) is 0. The maximum atomic E-state index is 3.60. The number of hydrogen-bond donors (Lipinski definition) is 1. The predicted octanol–water partition coefficient (Wildman–Crippen LogP) is 9.75. The Labute approximate surface area is 220 Å². The third kappa shape index (κ3) is 3.21. The van der Waals surface area contributed by atoms with E-state index in [1.165, 1.54) is 71.6 Å². The molecule has 0 bridgehead atoms. The van der Waals surface area contributed by atoms with Crippen molar-refractivity contribution in [3.05, 3.63) is 140 Å². The van der Waals surface area contributed by atoms with Gasteiger partial charge in [-0.25, -0.2) is 0 Å². The zero-order chi connectivity index (χ0) is 25.1. The highest BCUT2D eigenvalue weighted by atomic mass is 15.0. The van der Waals surface area contributed by atoms with Gasteiger partial charge in [-0.15, -0.1) is 0 Å². The Balaban J connectivity index is 1.31. The standard InChI is InChI=1S/C36H24N2/c1-2-9-24(10-3-1)25-11-8-12-28(21-25)38-35-16-7-5-14-31(35)32-22-26(18-20-36(32)38)27-17-19-30-29-13-4-6-15-33(29)37-34(30)23-27/h1-23,37H. The third-order valence-corrected chi connectivity index (χ3v) is 7.72. The Kier molecular flexibility index (Phi) is 4.55. The van der Waals surface area contributed by atoms with E-state index in [-0.39, 0.29) is 0 Å². The lowest BCUT2D eigenvalue weighted by Crippen LogP contribution is -1.94. The molecule has 2 heterocycles. The van der Waals surface area contributed by atoms with Gasteiger partial charge in [0, 0.05) is 38.3 Å². The fraction of sp³-hybridized carbons (Fsp3) is 0. The largest absolute Gasteiger partial charge is 0.354 e. The average Bonchev–Trinajstić information content (AvgIpc) is 3.52. The van der Waals surface area contributed by atoms with Crippen molar-refractivity contribution >= 4 is 43.6 Å². The van der Waals surface area contributed by atoms with Gasteiger partial charge in [-0.05, 0) is 64.7 Å². The zero-order valence-corrected chi connectivity index (χ0v) is 20.7. The smallest absolute Gasteiger partial charge is 0.0541 e. The maximum Gasteiger partial charge on any atom is 0.0541 e. The first kappa shape index (κ1) is 21.0. The minimum atomic E-state index is 1.17. The predicted molar refractivity (Wildman–Crippen MR) is 161 cm³/mol. The van der Waals surface area contributed by atoms with E-state index in [1.54, 1.807) is 0 Å². The molecule has 0 spiro atoms. The molecular formula is C36H24N2. The van der Waals surface area contributed by atoms with Crippen LogP contribution in [-0.2, 0) is 0 Å². The molecule has 0 unspecified atom stereocenters. The SMILES string of the molecule is c1ccc(-c2cccc(-n3c4ccccc4c4cc(-c5ccc6c(c5)[nH]c5ccccc56)ccc43)c2)cc1. The Morgan fingerprint density at radius 2 is 1.03 bits per heavy atom. The van der Waals surface area contributed by atoms with E-state index in [1.807, 2.05) is 0 Å². The van der Waals surface area contributed by atoms with Crippen LogP contribution in [0.3, 0.4) is 0 Å². The summed E-state index contributed by atoms with van der Waals surface area (Å²) in [5, 5.41) is 5.06. The number of rotatable bonds is 3. The van der Waals surface area contributed by atoms with Crippen molar-refractivity contribution in [1.29, 1.82) is 0 Å². The molecule has 6 aromatic carbocycles. The molecule has 2 nitrogen and oxygen atoms in total. The van der Waals surface area contributed by atoms with Gasteiger partial charge in [0.05, 0.1) is 11.0 Å². The van der Waals surface area contributed by atoms with Crippen molar-refractivity contribution in [3.8, 4) is 27.9 Å². The lowest BCUT2D eigenvalue weighted by Gasteiger charge is -2.11. The van der Waals surface area contributed by atoms with E-state index >= 15 is 0 Å². The third-order valence-electron chi connectivity index (χ3n) is 7.72. The van der Waals surface area contributed by atoms with E-state index in [0.717, 1.165) is 0 Å². The molecule has 0 radical (unpaired) electrons. The first-order valence-corrected chi connectivity index (χ1v) is 13.0. The van der Waals surface area contributed by atoms with Crippen molar-refractivity contribution in [3.63, 3.8) is 0 Å². The van der Waals surface area contributed by atoms with E-state index < -0.39 is 0 Å². The molecule has 0 atom stereocenters. The quantitative estimate of drug-likeness (QED) is 0.258. The van der Waals surface area contributed by atoms with Gasteiger partial charge in [-0.3, -0.25) is 0 Å². The first-order chi connectivity index (χ1) is 18.8. The van der Waals surface area contributed by atoms with Gasteiger partial charge in [0.1, 0.15) is 0 Å². The van der Waals surface area contributed by atoms with Crippen LogP contribution < -0.4 is 0 Å². The molecule has 0 aliphatic rings. The van der Waals surface area contributed by atoms with E-state index in [9.17, 15) is 0 Å². The molecule has 8 rings (SSSR count). The first-order valence-electron chi connectivity index (χ1n) is 13.0. The number of H-pyrrole nitrogens is 1. The second-order valence-electron chi connectivity index (χ2n) is 9.93. The molecular weight excluding hydrogens is 460 g/mol. The topological polar surface area (TPSA) is 20.7 Å². The molecule has 1 N–H and O–H groups in total. The molecule has 0 saturated heterocycles. The molecule has 178 valence electrons. The molecule has 0 fully saturated rings. The number of benzene rings is 6. The van der Waals surface area contributed by atoms with Gasteiger partial charge in [-0.1, -0.05) is 97.1 Å². The van der Waals surface area contributed by atoms with Gasteiger partial charge in [0.2, 0.25) is 0 Å². The highest BCUT2D eigenvalue weighted by Gasteiger charge is 2.14. The van der Waals surface area contributed by atoms with Gasteiger partial charge in [0.25, 0.3) is 0 Å². The second kappa shape index (κ2) is 8.22. The van der Waals surface area contributed by atoms with Crippen molar-refractivity contribution < 1.29 is 0 Å². The lowest BCUT2D eigenvalue weighted by atomic mass is 10.0. The van der Waals surface area contributed by atoms with Crippen LogP contribution in [0.5, 0.6) is 0 Å². The van der Waals surface area contributed by atoms with Crippen LogP contribution in [0.1, 0.15) is 0 Å². The fourth-order valence-electron chi connectivity index (χ4n) is 5.92. The van der Waals surface area contributed by atoms with Gasteiger partial charge in [0.15, 0.2) is 0 Å². The summed E-state index contributed by atoms with van der Waals surface area (Å²) in [6.07, 6.45) is 0. The monoisotopic (exact) mass is 484 g/mol. The van der Waals surface area contributed by atoms with Crippen molar-refractivity contribution in [2.45, 2.75) is 0 Å². The summed E-state index contributed by atoms with van der Waals surface area (Å²) in [4.78, 5) is 3.60. The summed E-state index contributed by atoms with van der Waals surface area (Å²) >= 11 is 0. The number of aromatic amines is 1. The second-order valence-corrected chi connectivity index (χ2v) is 9.93. The normalized spacial score (nSPS) is 11.7. The summed E-state index contributed by atoms with van der Waals surface area (Å²) in [5.74, 6) is 0. The van der Waals surface area contributed by atoms with Crippen molar-refractivity contribution in [1.82, 2.24) is 9.55 Å². The van der Waals surface area contributed by atoms with Gasteiger partial charge >= 0.3 is 0 Å². The lowest BCUT2D eigenvalue weighted by molar-refractivity contribution is 1.18. The van der Waals surface area contributed by atoms with Gasteiger partial charge < -0.3 is 9.55 Å². The van der Waals surface area contributed by atoms with Crippen LogP contribution in [0.2, 0.25) is 0 Å².